The maximum absolute atomic E-state index is 11.2. The van der Waals surface area contributed by atoms with E-state index in [1.807, 2.05) is 6.92 Å². The maximum Gasteiger partial charge on any atom is 0.152 e. The first-order chi connectivity index (χ1) is 7.64. The second kappa shape index (κ2) is 7.21. The molecule has 0 atom stereocenters. The summed E-state index contributed by atoms with van der Waals surface area (Å²) in [5.41, 5.74) is 0. The molecule has 16 heavy (non-hydrogen) atoms. The van der Waals surface area contributed by atoms with E-state index in [4.69, 9.17) is 4.74 Å². The average molecular weight is 250 g/mol. The number of nitrogens with one attached hydrogen (secondary N) is 1. The van der Waals surface area contributed by atoms with Crippen LogP contribution in [0.4, 0.5) is 0 Å². The molecule has 0 spiro atoms. The van der Waals surface area contributed by atoms with Gasteiger partial charge in [0.25, 0.3) is 0 Å². The van der Waals surface area contributed by atoms with Crippen molar-refractivity contribution in [1.82, 2.24) is 10.2 Å². The summed E-state index contributed by atoms with van der Waals surface area (Å²) in [6.07, 6.45) is 0. The van der Waals surface area contributed by atoms with Crippen LogP contribution in [0.25, 0.3) is 0 Å². The van der Waals surface area contributed by atoms with E-state index in [0.717, 1.165) is 32.8 Å². The highest BCUT2D eigenvalue weighted by Crippen LogP contribution is 2.02. The van der Waals surface area contributed by atoms with Crippen LogP contribution in [0.2, 0.25) is 0 Å². The Morgan fingerprint density at radius 2 is 1.94 bits per heavy atom. The van der Waals surface area contributed by atoms with Crippen molar-refractivity contribution in [2.75, 3.05) is 57.4 Å². The van der Waals surface area contributed by atoms with E-state index >= 15 is 0 Å². The van der Waals surface area contributed by atoms with Gasteiger partial charge in [0.05, 0.1) is 18.1 Å². The Balaban J connectivity index is 1.98. The summed E-state index contributed by atoms with van der Waals surface area (Å²) in [5, 5.41) is 3.27. The fourth-order valence-electron chi connectivity index (χ4n) is 1.62. The van der Waals surface area contributed by atoms with Crippen molar-refractivity contribution in [2.45, 2.75) is 6.92 Å². The van der Waals surface area contributed by atoms with Crippen molar-refractivity contribution < 1.29 is 13.2 Å². The largest absolute Gasteiger partial charge is 0.380 e. The summed E-state index contributed by atoms with van der Waals surface area (Å²) >= 11 is 0. The van der Waals surface area contributed by atoms with E-state index in [9.17, 15) is 8.42 Å². The van der Waals surface area contributed by atoms with Gasteiger partial charge in [-0.1, -0.05) is 0 Å². The van der Waals surface area contributed by atoms with Gasteiger partial charge in [-0.15, -0.1) is 0 Å². The third-order valence-electron chi connectivity index (χ3n) is 2.67. The Bertz CT molecular complexity index is 266. The summed E-state index contributed by atoms with van der Waals surface area (Å²) in [6.45, 7) is 7.50. The number of sulfone groups is 1. The zero-order valence-corrected chi connectivity index (χ0v) is 10.8. The summed E-state index contributed by atoms with van der Waals surface area (Å²) < 4.78 is 27.6. The molecule has 1 heterocycles. The van der Waals surface area contributed by atoms with Gasteiger partial charge in [0, 0.05) is 39.3 Å². The molecular weight excluding hydrogens is 228 g/mol. The molecule has 1 saturated heterocycles. The quantitative estimate of drug-likeness (QED) is 0.608. The molecule has 0 aromatic carbocycles. The number of hydrogen-bond donors (Lipinski definition) is 1. The lowest BCUT2D eigenvalue weighted by molar-refractivity contribution is 0.148. The molecule has 0 saturated carbocycles. The normalized spacial score (nSPS) is 21.1. The van der Waals surface area contributed by atoms with Crippen LogP contribution >= 0.6 is 0 Å². The van der Waals surface area contributed by atoms with Crippen LogP contribution in [-0.2, 0) is 14.6 Å². The third kappa shape index (κ3) is 5.79. The van der Waals surface area contributed by atoms with E-state index in [0.29, 0.717) is 24.6 Å². The van der Waals surface area contributed by atoms with Gasteiger partial charge >= 0.3 is 0 Å². The third-order valence-corrected chi connectivity index (χ3v) is 4.28. The smallest absolute Gasteiger partial charge is 0.152 e. The van der Waals surface area contributed by atoms with Crippen LogP contribution < -0.4 is 5.32 Å². The van der Waals surface area contributed by atoms with Gasteiger partial charge in [-0.25, -0.2) is 8.42 Å². The Labute approximate surface area is 98.1 Å². The molecule has 6 heteroatoms. The Hall–Kier alpha value is -0.170. The molecule has 1 N–H and O–H groups in total. The molecule has 1 fully saturated rings. The number of nitrogens with zero attached hydrogens (tertiary/aromatic N) is 1. The van der Waals surface area contributed by atoms with Crippen molar-refractivity contribution in [3.05, 3.63) is 0 Å². The topological polar surface area (TPSA) is 58.6 Å². The van der Waals surface area contributed by atoms with Gasteiger partial charge in [-0.2, -0.15) is 0 Å². The molecule has 0 bridgehead atoms. The zero-order chi connectivity index (χ0) is 11.9. The summed E-state index contributed by atoms with van der Waals surface area (Å²) in [7, 11) is -2.74. The molecule has 0 aromatic heterocycles. The zero-order valence-electron chi connectivity index (χ0n) is 9.94. The molecule has 96 valence electrons. The lowest BCUT2D eigenvalue weighted by atomic mass is 10.4. The molecule has 1 rings (SSSR count). The molecule has 0 aliphatic carbocycles. The Morgan fingerprint density at radius 1 is 1.25 bits per heavy atom. The van der Waals surface area contributed by atoms with E-state index < -0.39 is 9.84 Å². The van der Waals surface area contributed by atoms with Crippen LogP contribution in [0.5, 0.6) is 0 Å². The van der Waals surface area contributed by atoms with E-state index in [1.165, 1.54) is 0 Å². The van der Waals surface area contributed by atoms with Crippen LogP contribution in [0, 0.1) is 0 Å². The second-order valence-electron chi connectivity index (χ2n) is 3.94. The first kappa shape index (κ1) is 13.9. The van der Waals surface area contributed by atoms with Crippen LogP contribution in [-0.4, -0.2) is 70.8 Å². The van der Waals surface area contributed by atoms with E-state index in [-0.39, 0.29) is 0 Å². The highest BCUT2D eigenvalue weighted by atomic mass is 32.2. The van der Waals surface area contributed by atoms with Gasteiger partial charge in [0.2, 0.25) is 0 Å². The molecule has 1 aliphatic rings. The summed E-state index contributed by atoms with van der Waals surface area (Å²) in [5.74, 6) is 0.623. The average Bonchev–Trinajstić information content (AvgIpc) is 2.25. The number of rotatable bonds is 7. The minimum Gasteiger partial charge on any atom is -0.380 e. The van der Waals surface area contributed by atoms with Crippen LogP contribution in [0.1, 0.15) is 6.92 Å². The second-order valence-corrected chi connectivity index (χ2v) is 6.24. The predicted molar refractivity (Wildman–Crippen MR) is 64.5 cm³/mol. The summed E-state index contributed by atoms with van der Waals surface area (Å²) in [4.78, 5) is 2.19. The minimum atomic E-state index is -2.74. The molecule has 0 radical (unpaired) electrons. The molecule has 0 amide bonds. The van der Waals surface area contributed by atoms with Crippen molar-refractivity contribution in [3.63, 3.8) is 0 Å². The molecule has 0 aromatic rings. The number of ether oxygens (including phenoxy) is 1. The summed E-state index contributed by atoms with van der Waals surface area (Å²) in [6, 6.07) is 0. The van der Waals surface area contributed by atoms with Gasteiger partial charge in [-0.05, 0) is 6.92 Å². The van der Waals surface area contributed by atoms with Crippen molar-refractivity contribution in [2.24, 2.45) is 0 Å². The minimum absolute atomic E-state index is 0.311. The lowest BCUT2D eigenvalue weighted by Gasteiger charge is -2.26. The van der Waals surface area contributed by atoms with E-state index in [1.54, 1.807) is 0 Å². The van der Waals surface area contributed by atoms with Gasteiger partial charge in [0.1, 0.15) is 0 Å². The van der Waals surface area contributed by atoms with Crippen LogP contribution in [0.3, 0.4) is 0 Å². The monoisotopic (exact) mass is 250 g/mol. The Kier molecular flexibility index (Phi) is 6.26. The predicted octanol–water partition coefficient (Wildman–Crippen LogP) is -0.657. The van der Waals surface area contributed by atoms with Crippen molar-refractivity contribution in [3.8, 4) is 0 Å². The van der Waals surface area contributed by atoms with Gasteiger partial charge < -0.3 is 15.0 Å². The van der Waals surface area contributed by atoms with E-state index in [2.05, 4.69) is 10.2 Å². The molecular formula is C10H22N2O3S. The molecule has 5 nitrogen and oxygen atoms in total. The SMILES string of the molecule is CCOCCNCCN1CCS(=O)(=O)CC1. The maximum atomic E-state index is 11.2. The van der Waals surface area contributed by atoms with Gasteiger partial charge in [0.15, 0.2) is 9.84 Å². The van der Waals surface area contributed by atoms with Crippen molar-refractivity contribution >= 4 is 9.84 Å². The molecule has 0 unspecified atom stereocenters. The fourth-order valence-corrected chi connectivity index (χ4v) is 2.90. The van der Waals surface area contributed by atoms with Crippen LogP contribution in [0.15, 0.2) is 0 Å². The van der Waals surface area contributed by atoms with Crippen molar-refractivity contribution in [1.29, 1.82) is 0 Å². The highest BCUT2D eigenvalue weighted by molar-refractivity contribution is 7.91. The first-order valence-electron chi connectivity index (χ1n) is 5.85. The van der Waals surface area contributed by atoms with Gasteiger partial charge in [-0.3, -0.25) is 0 Å². The highest BCUT2D eigenvalue weighted by Gasteiger charge is 2.20. The first-order valence-corrected chi connectivity index (χ1v) is 7.67. The lowest BCUT2D eigenvalue weighted by Crippen LogP contribution is -2.43. The molecule has 1 aliphatic heterocycles. The standard InChI is InChI=1S/C10H22N2O3S/c1-2-15-8-4-11-3-5-12-6-9-16(13,14)10-7-12/h11H,2-10H2,1H3. The number of hydrogen-bond acceptors (Lipinski definition) is 5. The fraction of sp³-hybridized carbons (Fsp3) is 1.00. The Morgan fingerprint density at radius 3 is 2.56 bits per heavy atom.